The average Bonchev–Trinajstić information content (AvgIpc) is 2.04. The van der Waals surface area contributed by atoms with Crippen LogP contribution >= 0.6 is 0 Å². The largest absolute Gasteiger partial charge is 0.294 e. The summed E-state index contributed by atoms with van der Waals surface area (Å²) in [6, 6.07) is 4.02. The number of aliphatic imine (C=N–C) groups is 1. The molecule has 1 aliphatic rings. The van der Waals surface area contributed by atoms with Crippen molar-refractivity contribution < 1.29 is 9.18 Å². The number of benzene rings is 1. The van der Waals surface area contributed by atoms with Gasteiger partial charge in [-0.05, 0) is 12.1 Å². The number of nitrogens with zero attached hydrogens (tertiary/aromatic N) is 1. The van der Waals surface area contributed by atoms with Crippen molar-refractivity contribution in [2.45, 2.75) is 6.42 Å². The second-order valence-corrected chi connectivity index (χ2v) is 2.60. The molecule has 0 amide bonds. The minimum absolute atomic E-state index is 0.000000000000000666. The van der Waals surface area contributed by atoms with Gasteiger partial charge in [0.25, 0.3) is 0 Å². The molecule has 0 aliphatic carbocycles. The van der Waals surface area contributed by atoms with E-state index in [4.69, 9.17) is 0 Å². The highest BCUT2D eigenvalue weighted by Crippen LogP contribution is 2.24. The zero-order valence-corrected chi connectivity index (χ0v) is 6.25. The summed E-state index contributed by atoms with van der Waals surface area (Å²) in [6.45, 7) is 0. The lowest BCUT2D eigenvalue weighted by molar-refractivity contribution is 0.100. The molecule has 0 saturated heterocycles. The van der Waals surface area contributed by atoms with Gasteiger partial charge in [0.15, 0.2) is 5.78 Å². The molecular formula is C9H6FNO. The third kappa shape index (κ3) is 1.03. The van der Waals surface area contributed by atoms with Crippen molar-refractivity contribution in [2.75, 3.05) is 0 Å². The molecule has 60 valence electrons. The van der Waals surface area contributed by atoms with Crippen LogP contribution in [0.4, 0.5) is 10.1 Å². The second kappa shape index (κ2) is 2.52. The molecule has 0 saturated carbocycles. The van der Waals surface area contributed by atoms with Crippen LogP contribution in [0.2, 0.25) is 0 Å². The monoisotopic (exact) mass is 163 g/mol. The Morgan fingerprint density at radius 1 is 1.42 bits per heavy atom. The number of ketones is 1. The van der Waals surface area contributed by atoms with Gasteiger partial charge in [-0.15, -0.1) is 0 Å². The summed E-state index contributed by atoms with van der Waals surface area (Å²) in [5, 5.41) is 0. The Hall–Kier alpha value is -1.51. The molecule has 0 unspecified atom stereocenters. The summed E-state index contributed by atoms with van der Waals surface area (Å²) >= 11 is 0. The van der Waals surface area contributed by atoms with Gasteiger partial charge < -0.3 is 0 Å². The maximum absolute atomic E-state index is 12.6. The van der Waals surface area contributed by atoms with Crippen molar-refractivity contribution in [2.24, 2.45) is 4.99 Å². The first-order chi connectivity index (χ1) is 5.77. The molecule has 0 aromatic heterocycles. The van der Waals surface area contributed by atoms with Gasteiger partial charge >= 0.3 is 0 Å². The summed E-state index contributed by atoms with van der Waals surface area (Å²) in [4.78, 5) is 15.1. The topological polar surface area (TPSA) is 29.4 Å². The molecule has 0 atom stereocenters. The molecule has 1 aliphatic heterocycles. The molecular weight excluding hydrogens is 157 g/mol. The van der Waals surface area contributed by atoms with Crippen LogP contribution in [-0.2, 0) is 0 Å². The van der Waals surface area contributed by atoms with Gasteiger partial charge in [0.2, 0.25) is 0 Å². The van der Waals surface area contributed by atoms with E-state index in [1.165, 1.54) is 24.4 Å². The maximum Gasteiger partial charge on any atom is 0.170 e. The van der Waals surface area contributed by atoms with Gasteiger partial charge in [0, 0.05) is 24.3 Å². The van der Waals surface area contributed by atoms with Crippen LogP contribution in [0.25, 0.3) is 0 Å². The van der Waals surface area contributed by atoms with Crippen molar-refractivity contribution in [3.05, 3.63) is 29.6 Å². The smallest absolute Gasteiger partial charge is 0.170 e. The van der Waals surface area contributed by atoms with Crippen molar-refractivity contribution in [3.63, 3.8) is 0 Å². The van der Waals surface area contributed by atoms with Crippen molar-refractivity contribution in [1.29, 1.82) is 0 Å². The summed E-state index contributed by atoms with van der Waals surface area (Å²) < 4.78 is 12.6. The van der Waals surface area contributed by atoms with E-state index in [1.54, 1.807) is 0 Å². The number of Topliss-reactive ketones (excluding diaryl/α,β-unsaturated/α-hetero) is 1. The van der Waals surface area contributed by atoms with Crippen molar-refractivity contribution >= 4 is 17.7 Å². The Morgan fingerprint density at radius 3 is 3.08 bits per heavy atom. The van der Waals surface area contributed by atoms with Crippen LogP contribution in [0.5, 0.6) is 0 Å². The molecule has 0 bridgehead atoms. The van der Waals surface area contributed by atoms with Crippen LogP contribution in [0.1, 0.15) is 16.8 Å². The molecule has 1 aromatic rings. The fraction of sp³-hybridized carbons (Fsp3) is 0.111. The van der Waals surface area contributed by atoms with Gasteiger partial charge in [-0.1, -0.05) is 0 Å². The molecule has 12 heavy (non-hydrogen) atoms. The summed E-state index contributed by atoms with van der Waals surface area (Å²) in [5.41, 5.74) is 0.949. The normalized spacial score (nSPS) is 14.6. The standard InChI is InChI=1S/C9H6FNO/c10-6-1-2-7-8(5-6)11-4-3-9(7)12/h1-2,4-5H,3H2. The quantitative estimate of drug-likeness (QED) is 0.576. The lowest BCUT2D eigenvalue weighted by atomic mass is 10.0. The lowest BCUT2D eigenvalue weighted by Gasteiger charge is -2.07. The summed E-state index contributed by atoms with van der Waals surface area (Å²) in [6.07, 6.45) is 1.82. The van der Waals surface area contributed by atoms with E-state index in [9.17, 15) is 9.18 Å². The third-order valence-corrected chi connectivity index (χ3v) is 1.77. The number of carbonyl (C=O) groups is 1. The van der Waals surface area contributed by atoms with Gasteiger partial charge in [0.05, 0.1) is 5.69 Å². The molecule has 2 rings (SSSR count). The number of hydrogen-bond acceptors (Lipinski definition) is 2. The minimum atomic E-state index is -0.361. The van der Waals surface area contributed by atoms with Crippen LogP contribution < -0.4 is 0 Å². The average molecular weight is 163 g/mol. The van der Waals surface area contributed by atoms with E-state index >= 15 is 0 Å². The van der Waals surface area contributed by atoms with Crippen LogP contribution in [0, 0.1) is 5.82 Å². The maximum atomic E-state index is 12.6. The first-order valence-corrected chi connectivity index (χ1v) is 3.62. The molecule has 0 N–H and O–H groups in total. The van der Waals surface area contributed by atoms with Crippen LogP contribution in [-0.4, -0.2) is 12.0 Å². The van der Waals surface area contributed by atoms with Crippen molar-refractivity contribution in [1.82, 2.24) is 0 Å². The Morgan fingerprint density at radius 2 is 2.25 bits per heavy atom. The van der Waals surface area contributed by atoms with Crippen molar-refractivity contribution in [3.8, 4) is 0 Å². The van der Waals surface area contributed by atoms with E-state index < -0.39 is 0 Å². The first-order valence-electron chi connectivity index (χ1n) is 3.62. The van der Waals surface area contributed by atoms with E-state index in [0.717, 1.165) is 0 Å². The fourth-order valence-electron chi connectivity index (χ4n) is 1.18. The van der Waals surface area contributed by atoms with Gasteiger partial charge in [0.1, 0.15) is 5.82 Å². The lowest BCUT2D eigenvalue weighted by Crippen LogP contribution is -2.04. The predicted molar refractivity (Wildman–Crippen MR) is 43.5 cm³/mol. The van der Waals surface area contributed by atoms with E-state index in [-0.39, 0.29) is 11.6 Å². The van der Waals surface area contributed by atoms with Gasteiger partial charge in [-0.25, -0.2) is 4.39 Å². The SMILES string of the molecule is O=C1CC=Nc2cc(F)ccc21. The molecule has 3 heteroatoms. The molecule has 1 aromatic carbocycles. The van der Waals surface area contributed by atoms with E-state index in [1.807, 2.05) is 0 Å². The van der Waals surface area contributed by atoms with Gasteiger partial charge in [-0.2, -0.15) is 0 Å². The molecule has 1 heterocycles. The third-order valence-electron chi connectivity index (χ3n) is 1.77. The Balaban J connectivity index is 2.62. The highest BCUT2D eigenvalue weighted by atomic mass is 19.1. The number of rotatable bonds is 0. The fourth-order valence-corrected chi connectivity index (χ4v) is 1.18. The highest BCUT2D eigenvalue weighted by molar-refractivity contribution is 6.09. The predicted octanol–water partition coefficient (Wildman–Crippen LogP) is 2.11. The highest BCUT2D eigenvalue weighted by Gasteiger charge is 2.13. The summed E-state index contributed by atoms with van der Waals surface area (Å²) in [5.74, 6) is -0.361. The molecule has 0 spiro atoms. The second-order valence-electron chi connectivity index (χ2n) is 2.60. The van der Waals surface area contributed by atoms with Crippen LogP contribution in [0.15, 0.2) is 23.2 Å². The number of halogens is 1. The Bertz CT molecular complexity index is 371. The van der Waals surface area contributed by atoms with E-state index in [0.29, 0.717) is 17.7 Å². The van der Waals surface area contributed by atoms with E-state index in [2.05, 4.69) is 4.99 Å². The number of carbonyl (C=O) groups excluding carboxylic acids is 1. The Labute approximate surface area is 68.7 Å². The minimum Gasteiger partial charge on any atom is -0.294 e. The summed E-state index contributed by atoms with van der Waals surface area (Å²) in [7, 11) is 0. The van der Waals surface area contributed by atoms with Crippen LogP contribution in [0.3, 0.4) is 0 Å². The number of fused-ring (bicyclic) bond motifs is 1. The number of hydrogen-bond donors (Lipinski definition) is 0. The first kappa shape index (κ1) is 7.16. The molecule has 2 nitrogen and oxygen atoms in total. The van der Waals surface area contributed by atoms with Gasteiger partial charge in [-0.3, -0.25) is 9.79 Å². The molecule has 0 fully saturated rings. The Kier molecular flexibility index (Phi) is 1.50. The molecule has 0 radical (unpaired) electrons. The zero-order chi connectivity index (χ0) is 8.55. The zero-order valence-electron chi connectivity index (χ0n) is 6.25.